The number of hydrogen-bond donors (Lipinski definition) is 11. The molecule has 0 saturated carbocycles. The van der Waals surface area contributed by atoms with Gasteiger partial charge in [-0.3, -0.25) is 0 Å². The molecular formula is C88H75N5O11. The maximum atomic E-state index is 13.2. The van der Waals surface area contributed by atoms with Crippen LogP contribution < -0.4 is 36.5 Å². The number of phenols is 4. The SMILES string of the molecule is C=C(C)C(=O)OCCNC(=O)Nc1cc(C2(c3ccc(O)c(NCC(O)COc4ccc(C5(c6ccc(OCC(O)CNc7cc(C8(c9ccc(O)c(N)c9)c9ccccc9-c9ccccc98)ccc7O)cc6)c6ccccc6-c6ccccc65)cc4)c3)c3ccccc3-c3ccccc32)ccc1O. The Labute approximate surface area is 601 Å². The summed E-state index contributed by atoms with van der Waals surface area (Å²) in [7, 11) is 0. The van der Waals surface area contributed by atoms with E-state index in [0.29, 0.717) is 28.4 Å². The monoisotopic (exact) mass is 1380 g/mol. The molecule has 12 aromatic rings. The summed E-state index contributed by atoms with van der Waals surface area (Å²) in [6.07, 6.45) is -2.03. The number of amides is 2. The van der Waals surface area contributed by atoms with Crippen LogP contribution in [0.3, 0.4) is 0 Å². The highest BCUT2D eigenvalue weighted by Crippen LogP contribution is 2.60. The van der Waals surface area contributed by atoms with E-state index in [-0.39, 0.29) is 79.4 Å². The predicted molar refractivity (Wildman–Crippen MR) is 405 cm³/mol. The first-order valence-corrected chi connectivity index (χ1v) is 34.4. The number of nitrogen functional groups attached to an aromatic ring is 1. The first kappa shape index (κ1) is 67.1. The number of ether oxygens (including phenoxy) is 3. The lowest BCUT2D eigenvalue weighted by Crippen LogP contribution is -2.32. The number of aliphatic hydroxyl groups excluding tert-OH is 2. The first-order valence-electron chi connectivity index (χ1n) is 34.4. The Balaban J connectivity index is 0.639. The average Bonchev–Trinajstić information content (AvgIpc) is 1.55. The van der Waals surface area contributed by atoms with Gasteiger partial charge in [-0.25, -0.2) is 9.59 Å². The van der Waals surface area contributed by atoms with Crippen LogP contribution in [0, 0.1) is 0 Å². The first-order chi connectivity index (χ1) is 50.6. The number of rotatable bonds is 23. The van der Waals surface area contributed by atoms with Gasteiger partial charge in [0.1, 0.15) is 66.5 Å². The predicted octanol–water partition coefficient (Wildman–Crippen LogP) is 15.1. The second-order valence-corrected chi connectivity index (χ2v) is 26.5. The van der Waals surface area contributed by atoms with Gasteiger partial charge in [0.2, 0.25) is 0 Å². The van der Waals surface area contributed by atoms with Crippen LogP contribution in [0.15, 0.2) is 279 Å². The van der Waals surface area contributed by atoms with Crippen molar-refractivity contribution >= 4 is 34.7 Å². The molecule has 0 saturated heterocycles. The van der Waals surface area contributed by atoms with Crippen molar-refractivity contribution in [1.29, 1.82) is 0 Å². The third-order valence-electron chi connectivity index (χ3n) is 20.3. The van der Waals surface area contributed by atoms with Crippen molar-refractivity contribution in [3.05, 3.63) is 346 Å². The minimum Gasteiger partial charge on any atom is -0.506 e. The number of anilines is 4. The van der Waals surface area contributed by atoms with Gasteiger partial charge in [-0.05, 0) is 180 Å². The van der Waals surface area contributed by atoms with E-state index in [9.17, 15) is 40.2 Å². The summed E-state index contributed by atoms with van der Waals surface area (Å²) in [6, 6.07) is 85.9. The van der Waals surface area contributed by atoms with E-state index >= 15 is 0 Å². The summed E-state index contributed by atoms with van der Waals surface area (Å²) in [5.41, 5.74) is 22.7. The highest BCUT2D eigenvalue weighted by molar-refractivity contribution is 5.93. The number of phenolic OH excluding ortho intramolecular Hbond substituents is 4. The van der Waals surface area contributed by atoms with E-state index in [1.165, 1.54) is 13.0 Å². The molecule has 2 atom stereocenters. The Morgan fingerprint density at radius 2 is 0.721 bits per heavy atom. The van der Waals surface area contributed by atoms with E-state index < -0.39 is 40.5 Å². The summed E-state index contributed by atoms with van der Waals surface area (Å²) in [4.78, 5) is 25.2. The largest absolute Gasteiger partial charge is 0.506 e. The Kier molecular flexibility index (Phi) is 17.8. The second kappa shape index (κ2) is 27.6. The Bertz CT molecular complexity index is 5170. The fraction of sp³-hybridized carbons (Fsp3) is 0.136. The molecule has 2 amide bonds. The van der Waals surface area contributed by atoms with Crippen LogP contribution in [-0.2, 0) is 25.8 Å². The van der Waals surface area contributed by atoms with Crippen LogP contribution in [0.1, 0.15) is 73.7 Å². The molecule has 0 radical (unpaired) electrons. The van der Waals surface area contributed by atoms with Crippen molar-refractivity contribution in [2.75, 3.05) is 61.1 Å². The molecular weight excluding hydrogens is 1300 g/mol. The number of carbonyl (C=O) groups excluding carboxylic acids is 2. The Morgan fingerprint density at radius 3 is 1.08 bits per heavy atom. The number of fused-ring (bicyclic) bond motifs is 9. The molecule has 16 nitrogen and oxygen atoms in total. The lowest BCUT2D eigenvalue weighted by Gasteiger charge is -2.34. The topological polar surface area (TPSA) is 257 Å². The molecule has 0 heterocycles. The Morgan fingerprint density at radius 1 is 0.413 bits per heavy atom. The third kappa shape index (κ3) is 11.6. The minimum absolute atomic E-state index is 0.00277. The number of carbonyl (C=O) groups is 2. The van der Waals surface area contributed by atoms with Gasteiger partial charge in [0.25, 0.3) is 0 Å². The van der Waals surface area contributed by atoms with Gasteiger partial charge in [0.05, 0.1) is 45.5 Å². The molecule has 0 fully saturated rings. The van der Waals surface area contributed by atoms with E-state index in [1.807, 2.05) is 115 Å². The number of aliphatic hydroxyl groups is 2. The number of nitrogens with two attached hydrogens (primary N) is 1. The quantitative estimate of drug-likeness (QED) is 0.00937. The van der Waals surface area contributed by atoms with Gasteiger partial charge in [0, 0.05) is 18.7 Å². The lowest BCUT2D eigenvalue weighted by atomic mass is 9.67. The smallest absolute Gasteiger partial charge is 0.333 e. The molecule has 16 heteroatoms. The second-order valence-electron chi connectivity index (χ2n) is 26.5. The summed E-state index contributed by atoms with van der Waals surface area (Å²) in [5.74, 6) is 0.288. The maximum Gasteiger partial charge on any atom is 0.333 e. The van der Waals surface area contributed by atoms with Crippen LogP contribution in [0.2, 0.25) is 0 Å². The van der Waals surface area contributed by atoms with Crippen LogP contribution >= 0.6 is 0 Å². The average molecular weight is 1380 g/mol. The van der Waals surface area contributed by atoms with Crippen LogP contribution in [0.25, 0.3) is 33.4 Å². The number of hydrogen-bond acceptors (Lipinski definition) is 14. The van der Waals surface area contributed by atoms with Gasteiger partial charge < -0.3 is 71.9 Å². The van der Waals surface area contributed by atoms with Gasteiger partial charge in [0.15, 0.2) is 0 Å². The molecule has 0 spiro atoms. The molecule has 0 bridgehead atoms. The molecule has 3 aliphatic rings. The third-order valence-corrected chi connectivity index (χ3v) is 20.3. The number of urea groups is 1. The summed E-state index contributed by atoms with van der Waals surface area (Å²) < 4.78 is 17.8. The molecule has 15 rings (SSSR count). The normalized spacial score (nSPS) is 14.0. The van der Waals surface area contributed by atoms with Gasteiger partial charge >= 0.3 is 12.0 Å². The van der Waals surface area contributed by atoms with Crippen LogP contribution in [-0.4, -0.2) is 94.3 Å². The molecule has 12 aromatic carbocycles. The summed E-state index contributed by atoms with van der Waals surface area (Å²) in [6.45, 7) is 4.97. The van der Waals surface area contributed by atoms with Crippen molar-refractivity contribution in [3.63, 3.8) is 0 Å². The van der Waals surface area contributed by atoms with Gasteiger partial charge in [-0.2, -0.15) is 0 Å². The van der Waals surface area contributed by atoms with E-state index in [4.69, 9.17) is 19.9 Å². The zero-order valence-corrected chi connectivity index (χ0v) is 56.8. The van der Waals surface area contributed by atoms with Crippen LogP contribution in [0.5, 0.6) is 34.5 Å². The fourth-order valence-electron chi connectivity index (χ4n) is 15.7. The van der Waals surface area contributed by atoms with Crippen molar-refractivity contribution in [1.82, 2.24) is 5.32 Å². The lowest BCUT2D eigenvalue weighted by molar-refractivity contribution is -0.138. The van der Waals surface area contributed by atoms with Crippen molar-refractivity contribution in [2.45, 2.75) is 35.4 Å². The zero-order valence-electron chi connectivity index (χ0n) is 56.8. The number of aromatic hydroxyl groups is 4. The highest BCUT2D eigenvalue weighted by atomic mass is 16.5. The van der Waals surface area contributed by atoms with Crippen LogP contribution in [0.4, 0.5) is 27.5 Å². The molecule has 2 unspecified atom stereocenters. The highest BCUT2D eigenvalue weighted by Gasteiger charge is 2.49. The molecule has 518 valence electrons. The van der Waals surface area contributed by atoms with E-state index in [0.717, 1.165) is 94.6 Å². The molecule has 104 heavy (non-hydrogen) atoms. The summed E-state index contributed by atoms with van der Waals surface area (Å²) >= 11 is 0. The van der Waals surface area contributed by atoms with Gasteiger partial charge in [-0.1, -0.05) is 201 Å². The number of nitrogens with one attached hydrogen (secondary N) is 4. The number of benzene rings is 12. The molecule has 0 aliphatic heterocycles. The summed E-state index contributed by atoms with van der Waals surface area (Å²) in [5, 5.41) is 79.8. The minimum atomic E-state index is -1.04. The van der Waals surface area contributed by atoms with E-state index in [2.05, 4.69) is 149 Å². The Hall–Kier alpha value is -12.8. The van der Waals surface area contributed by atoms with Gasteiger partial charge in [-0.15, -0.1) is 0 Å². The molecule has 3 aliphatic carbocycles. The standard InChI is InChI=1S/C88H75N5O11/c1-53(2)84(100)102-44-43-90-85(101)93-79-48-59(34-42-83(79)99)88(74-25-13-7-19-68(74)69-20-8-14-26-75(69)88)58-33-41-82(98)78(47-58)92-50-61(95)52-104-63-37-29-55(30-38-63)86(70-21-9-3-15-64(70)65-16-4-10-22-71(65)86)54-27-35-62(36-28-54)103-51-60(94)49-91-77-46-57(32-40-81(77)97)87(56-31-39-80(96)76(89)45-56)72-23-11-5-17-66(72)67-18-6-12-24-73(67)87/h3-42,45-48,60-61,91-92,94-99H,1,43-44,49-52,89H2,2H3,(H2,90,93,101). The van der Waals surface area contributed by atoms with Crippen molar-refractivity contribution in [3.8, 4) is 67.9 Å². The molecule has 12 N–H and O–H groups in total. The number of esters is 1. The van der Waals surface area contributed by atoms with Crippen molar-refractivity contribution < 1.29 is 54.4 Å². The molecule has 0 aromatic heterocycles. The fourth-order valence-corrected chi connectivity index (χ4v) is 15.7. The maximum absolute atomic E-state index is 13.2. The van der Waals surface area contributed by atoms with E-state index in [1.54, 1.807) is 24.3 Å². The zero-order chi connectivity index (χ0) is 71.9. The van der Waals surface area contributed by atoms with Crippen molar-refractivity contribution in [2.24, 2.45) is 0 Å².